The summed E-state index contributed by atoms with van der Waals surface area (Å²) in [5.41, 5.74) is 0.481. The molecule has 0 radical (unpaired) electrons. The highest BCUT2D eigenvalue weighted by molar-refractivity contribution is 7.91. The van der Waals surface area contributed by atoms with Gasteiger partial charge in [0.2, 0.25) is 5.91 Å². The summed E-state index contributed by atoms with van der Waals surface area (Å²) in [4.78, 5) is 29.8. The average Bonchev–Trinajstić information content (AvgIpc) is 3.11. The number of carbonyl (C=O) groups excluding carboxylic acids is 2. The van der Waals surface area contributed by atoms with Crippen molar-refractivity contribution in [2.75, 3.05) is 44.3 Å². The van der Waals surface area contributed by atoms with Crippen LogP contribution in [-0.2, 0) is 14.6 Å². The van der Waals surface area contributed by atoms with Gasteiger partial charge >= 0.3 is 0 Å². The third kappa shape index (κ3) is 5.98. The van der Waals surface area contributed by atoms with E-state index in [2.05, 4.69) is 10.2 Å². The lowest BCUT2D eigenvalue weighted by atomic mass is 10.0. The molecule has 2 saturated heterocycles. The van der Waals surface area contributed by atoms with Gasteiger partial charge in [0, 0.05) is 37.8 Å². The number of nitrogens with zero attached hydrogens (tertiary/aromatic N) is 2. The van der Waals surface area contributed by atoms with Crippen molar-refractivity contribution in [2.24, 2.45) is 5.92 Å². The maximum Gasteiger partial charge on any atom is 0.251 e. The molecule has 31 heavy (non-hydrogen) atoms. The fraction of sp³-hybridized carbons (Fsp3) is 0.636. The molecule has 2 heterocycles. The molecule has 2 aliphatic heterocycles. The minimum Gasteiger partial charge on any atom is -0.494 e. The van der Waals surface area contributed by atoms with Crippen molar-refractivity contribution in [3.05, 3.63) is 29.8 Å². The van der Waals surface area contributed by atoms with Gasteiger partial charge in [-0.2, -0.15) is 0 Å². The number of hydrogen-bond donors (Lipinski definition) is 1. The molecular weight excluding hydrogens is 418 g/mol. The topological polar surface area (TPSA) is 96.0 Å². The molecule has 0 aliphatic carbocycles. The first-order chi connectivity index (χ1) is 14.7. The molecule has 1 N–H and O–H groups in total. The van der Waals surface area contributed by atoms with Gasteiger partial charge < -0.3 is 15.0 Å². The van der Waals surface area contributed by atoms with Crippen LogP contribution >= 0.6 is 0 Å². The van der Waals surface area contributed by atoms with E-state index in [1.54, 1.807) is 29.2 Å². The maximum atomic E-state index is 13.2. The van der Waals surface area contributed by atoms with Crippen LogP contribution in [0.1, 0.15) is 37.6 Å². The van der Waals surface area contributed by atoms with Crippen molar-refractivity contribution < 1.29 is 22.7 Å². The van der Waals surface area contributed by atoms with Crippen LogP contribution in [0.2, 0.25) is 0 Å². The van der Waals surface area contributed by atoms with E-state index >= 15 is 0 Å². The van der Waals surface area contributed by atoms with Crippen LogP contribution in [-0.4, -0.2) is 86.4 Å². The molecular formula is C22H33N3O5S. The Kier molecular flexibility index (Phi) is 7.59. The summed E-state index contributed by atoms with van der Waals surface area (Å²) >= 11 is 0. The molecule has 1 aromatic carbocycles. The first-order valence-corrected chi connectivity index (χ1v) is 12.8. The van der Waals surface area contributed by atoms with Crippen LogP contribution in [0.3, 0.4) is 0 Å². The van der Waals surface area contributed by atoms with E-state index in [1.165, 1.54) is 0 Å². The number of sulfone groups is 1. The lowest BCUT2D eigenvalue weighted by molar-refractivity contribution is -0.136. The van der Waals surface area contributed by atoms with Gasteiger partial charge in [-0.1, -0.05) is 13.8 Å². The third-order valence-corrected chi connectivity index (χ3v) is 7.75. The molecule has 2 aliphatic rings. The Hall–Kier alpha value is -2.13. The first kappa shape index (κ1) is 23.5. The number of carbonyl (C=O) groups is 2. The molecule has 0 bridgehead atoms. The van der Waals surface area contributed by atoms with Gasteiger partial charge in [-0.3, -0.25) is 14.5 Å². The zero-order chi connectivity index (χ0) is 22.6. The first-order valence-electron chi connectivity index (χ1n) is 11.0. The van der Waals surface area contributed by atoms with Crippen LogP contribution in [0.4, 0.5) is 0 Å². The van der Waals surface area contributed by atoms with E-state index in [0.29, 0.717) is 50.5 Å². The SMILES string of the molecule is CCOc1ccc(C(=O)N[C@H](C(=O)N2CCN(C3CCS(=O)(=O)C3)CC2)C(C)C)cc1. The normalized spacial score (nSPS) is 22.3. The summed E-state index contributed by atoms with van der Waals surface area (Å²) in [6, 6.07) is 6.31. The summed E-state index contributed by atoms with van der Waals surface area (Å²) in [7, 11) is -2.92. The van der Waals surface area contributed by atoms with Crippen molar-refractivity contribution >= 4 is 21.7 Å². The predicted octanol–water partition coefficient (Wildman–Crippen LogP) is 1.17. The molecule has 2 fully saturated rings. The highest BCUT2D eigenvalue weighted by Crippen LogP contribution is 2.20. The minimum absolute atomic E-state index is 0.0579. The van der Waals surface area contributed by atoms with Crippen molar-refractivity contribution in [3.8, 4) is 5.75 Å². The van der Waals surface area contributed by atoms with E-state index < -0.39 is 15.9 Å². The fourth-order valence-electron chi connectivity index (χ4n) is 4.17. The van der Waals surface area contributed by atoms with Crippen molar-refractivity contribution in [1.82, 2.24) is 15.1 Å². The Morgan fingerprint density at radius 3 is 2.29 bits per heavy atom. The largest absolute Gasteiger partial charge is 0.494 e. The number of benzene rings is 1. The standard InChI is InChI=1S/C22H33N3O5S/c1-4-30-19-7-5-17(6-8-19)21(26)23-20(16(2)3)22(27)25-12-10-24(11-13-25)18-9-14-31(28,29)15-18/h5-8,16,18,20H,4,9-15H2,1-3H3,(H,23,26)/t18?,20-/m0/s1. The molecule has 2 amide bonds. The highest BCUT2D eigenvalue weighted by atomic mass is 32.2. The smallest absolute Gasteiger partial charge is 0.251 e. The molecule has 1 aromatic rings. The number of rotatable bonds is 7. The molecule has 9 heteroatoms. The molecule has 0 aromatic heterocycles. The lowest BCUT2D eigenvalue weighted by Gasteiger charge is -2.39. The van der Waals surface area contributed by atoms with Gasteiger partial charge in [-0.15, -0.1) is 0 Å². The Morgan fingerprint density at radius 2 is 1.77 bits per heavy atom. The lowest BCUT2D eigenvalue weighted by Crippen LogP contribution is -2.57. The van der Waals surface area contributed by atoms with Crippen LogP contribution in [0.5, 0.6) is 5.75 Å². The van der Waals surface area contributed by atoms with Gasteiger partial charge in [-0.05, 0) is 43.5 Å². The Bertz CT molecular complexity index is 877. The second kappa shape index (κ2) is 9.99. The average molecular weight is 452 g/mol. The molecule has 1 unspecified atom stereocenters. The van der Waals surface area contributed by atoms with E-state index in [1.807, 2.05) is 20.8 Å². The molecule has 0 spiro atoms. The number of nitrogens with one attached hydrogen (secondary N) is 1. The highest BCUT2D eigenvalue weighted by Gasteiger charge is 2.36. The third-order valence-electron chi connectivity index (χ3n) is 6.00. The van der Waals surface area contributed by atoms with Crippen molar-refractivity contribution in [1.29, 1.82) is 0 Å². The Morgan fingerprint density at radius 1 is 1.13 bits per heavy atom. The molecule has 3 rings (SSSR count). The number of ether oxygens (including phenoxy) is 1. The minimum atomic E-state index is -2.92. The zero-order valence-corrected chi connectivity index (χ0v) is 19.4. The molecule has 172 valence electrons. The molecule has 0 saturated carbocycles. The summed E-state index contributed by atoms with van der Waals surface area (Å²) in [5.74, 6) is 0.732. The number of piperazine rings is 1. The maximum absolute atomic E-state index is 13.2. The summed E-state index contributed by atoms with van der Waals surface area (Å²) in [6.45, 7) is 8.68. The van der Waals surface area contributed by atoms with Crippen LogP contribution < -0.4 is 10.1 Å². The quantitative estimate of drug-likeness (QED) is 0.669. The van der Waals surface area contributed by atoms with Crippen LogP contribution in [0.15, 0.2) is 24.3 Å². The summed E-state index contributed by atoms with van der Waals surface area (Å²) in [5, 5.41) is 2.89. The Labute approximate surface area is 184 Å². The fourth-order valence-corrected chi connectivity index (χ4v) is 5.94. The van der Waals surface area contributed by atoms with E-state index in [0.717, 1.165) is 0 Å². The van der Waals surface area contributed by atoms with Gasteiger partial charge in [0.15, 0.2) is 9.84 Å². The van der Waals surface area contributed by atoms with Gasteiger partial charge in [0.1, 0.15) is 11.8 Å². The van der Waals surface area contributed by atoms with Gasteiger partial charge in [0.25, 0.3) is 5.91 Å². The van der Waals surface area contributed by atoms with Crippen molar-refractivity contribution in [2.45, 2.75) is 39.3 Å². The predicted molar refractivity (Wildman–Crippen MR) is 119 cm³/mol. The molecule has 2 atom stereocenters. The van der Waals surface area contributed by atoms with Crippen LogP contribution in [0, 0.1) is 5.92 Å². The Balaban J connectivity index is 1.57. The monoisotopic (exact) mass is 451 g/mol. The van der Waals surface area contributed by atoms with Gasteiger partial charge in [0.05, 0.1) is 18.1 Å². The van der Waals surface area contributed by atoms with Crippen molar-refractivity contribution in [3.63, 3.8) is 0 Å². The van der Waals surface area contributed by atoms with E-state index in [-0.39, 0.29) is 35.3 Å². The second-order valence-electron chi connectivity index (χ2n) is 8.57. The summed E-state index contributed by atoms with van der Waals surface area (Å²) in [6.07, 6.45) is 0.670. The second-order valence-corrected chi connectivity index (χ2v) is 10.8. The van der Waals surface area contributed by atoms with E-state index in [9.17, 15) is 18.0 Å². The number of amides is 2. The summed E-state index contributed by atoms with van der Waals surface area (Å²) < 4.78 is 28.9. The van der Waals surface area contributed by atoms with Crippen LogP contribution in [0.25, 0.3) is 0 Å². The van der Waals surface area contributed by atoms with Gasteiger partial charge in [-0.25, -0.2) is 8.42 Å². The van der Waals surface area contributed by atoms with E-state index in [4.69, 9.17) is 4.74 Å². The zero-order valence-electron chi connectivity index (χ0n) is 18.5. The number of hydrogen-bond acceptors (Lipinski definition) is 6. The molecule has 8 nitrogen and oxygen atoms in total.